The molecule has 1 saturated heterocycles. The standard InChI is InChI=1S/C27H27ClF2N6O2/c1-15-8-23(36(34-15)13-24(29)30)27(38)33-21-6-7-31-12-19(21)16-4-3-5-17(9-16)26(37)18-10-20(28)25-22(11-18)35(2)14-32-25/h3-5,8-11,14,19,21,24,31H,6-7,12-13H2,1-2H3,(H,33,38)/t19-,21-/m1/s1. The lowest BCUT2D eigenvalue weighted by Crippen LogP contribution is -2.48. The third-order valence-corrected chi connectivity index (χ3v) is 7.15. The van der Waals surface area contributed by atoms with Gasteiger partial charge in [-0.25, -0.2) is 13.8 Å². The number of ketones is 1. The Kier molecular flexibility index (Phi) is 7.27. The zero-order valence-electron chi connectivity index (χ0n) is 20.9. The molecule has 4 aromatic rings. The van der Waals surface area contributed by atoms with Crippen molar-refractivity contribution in [3.05, 3.63) is 81.9 Å². The number of benzene rings is 2. The van der Waals surface area contributed by atoms with Gasteiger partial charge in [-0.05, 0) is 49.7 Å². The number of amides is 1. The van der Waals surface area contributed by atoms with E-state index in [2.05, 4.69) is 20.7 Å². The van der Waals surface area contributed by atoms with E-state index < -0.39 is 18.9 Å². The minimum Gasteiger partial charge on any atom is -0.347 e. The first-order valence-electron chi connectivity index (χ1n) is 12.3. The smallest absolute Gasteiger partial charge is 0.269 e. The molecule has 2 aromatic heterocycles. The van der Waals surface area contributed by atoms with Crippen LogP contribution in [0.4, 0.5) is 8.78 Å². The molecule has 1 aliphatic heterocycles. The normalized spacial score (nSPS) is 17.7. The highest BCUT2D eigenvalue weighted by Gasteiger charge is 2.30. The van der Waals surface area contributed by atoms with Crippen molar-refractivity contribution < 1.29 is 18.4 Å². The third-order valence-electron chi connectivity index (χ3n) is 6.87. The Morgan fingerprint density at radius 1 is 1.21 bits per heavy atom. The van der Waals surface area contributed by atoms with Gasteiger partial charge in [0.1, 0.15) is 17.8 Å². The van der Waals surface area contributed by atoms with Gasteiger partial charge in [-0.3, -0.25) is 14.3 Å². The topological polar surface area (TPSA) is 93.8 Å². The summed E-state index contributed by atoms with van der Waals surface area (Å²) in [5.41, 5.74) is 3.84. The van der Waals surface area contributed by atoms with Crippen LogP contribution < -0.4 is 10.6 Å². The number of nitrogens with zero attached hydrogens (tertiary/aromatic N) is 4. The average Bonchev–Trinajstić information content (AvgIpc) is 3.45. The van der Waals surface area contributed by atoms with E-state index in [-0.39, 0.29) is 23.4 Å². The molecular formula is C27H27ClF2N6O2. The van der Waals surface area contributed by atoms with Gasteiger partial charge in [0.2, 0.25) is 0 Å². The van der Waals surface area contributed by atoms with Crippen molar-refractivity contribution in [2.75, 3.05) is 13.1 Å². The van der Waals surface area contributed by atoms with Crippen molar-refractivity contribution in [1.29, 1.82) is 0 Å². The predicted octanol–water partition coefficient (Wildman–Crippen LogP) is 4.10. The third kappa shape index (κ3) is 5.19. The molecular weight excluding hydrogens is 514 g/mol. The van der Waals surface area contributed by atoms with Gasteiger partial charge in [-0.1, -0.05) is 29.8 Å². The van der Waals surface area contributed by atoms with Gasteiger partial charge in [0.25, 0.3) is 12.3 Å². The van der Waals surface area contributed by atoms with Gasteiger partial charge in [-0.15, -0.1) is 0 Å². The fourth-order valence-electron chi connectivity index (χ4n) is 5.02. The molecule has 0 aliphatic carbocycles. The van der Waals surface area contributed by atoms with Crippen molar-refractivity contribution in [2.45, 2.75) is 38.3 Å². The summed E-state index contributed by atoms with van der Waals surface area (Å²) >= 11 is 6.39. The van der Waals surface area contributed by atoms with Gasteiger partial charge in [-0.2, -0.15) is 5.10 Å². The molecule has 0 bridgehead atoms. The first kappa shape index (κ1) is 26.0. The number of alkyl halides is 2. The summed E-state index contributed by atoms with van der Waals surface area (Å²) in [6.45, 7) is 2.29. The van der Waals surface area contributed by atoms with Crippen molar-refractivity contribution in [3.63, 3.8) is 0 Å². The number of fused-ring (bicyclic) bond motifs is 1. The molecule has 8 nitrogen and oxygen atoms in total. The van der Waals surface area contributed by atoms with Crippen LogP contribution in [0.2, 0.25) is 5.02 Å². The van der Waals surface area contributed by atoms with Crippen LogP contribution >= 0.6 is 11.6 Å². The fourth-order valence-corrected chi connectivity index (χ4v) is 5.28. The monoisotopic (exact) mass is 540 g/mol. The highest BCUT2D eigenvalue weighted by molar-refractivity contribution is 6.35. The van der Waals surface area contributed by atoms with Crippen LogP contribution in [0.25, 0.3) is 11.0 Å². The molecule has 198 valence electrons. The van der Waals surface area contributed by atoms with Crippen LogP contribution in [0, 0.1) is 6.92 Å². The molecule has 2 N–H and O–H groups in total. The van der Waals surface area contributed by atoms with Crippen LogP contribution in [-0.4, -0.2) is 56.6 Å². The first-order chi connectivity index (χ1) is 18.2. The van der Waals surface area contributed by atoms with Crippen LogP contribution in [0.3, 0.4) is 0 Å². The Labute approximate surface area is 223 Å². The molecule has 1 fully saturated rings. The zero-order valence-corrected chi connectivity index (χ0v) is 21.7. The molecule has 38 heavy (non-hydrogen) atoms. The Morgan fingerprint density at radius 3 is 2.82 bits per heavy atom. The van der Waals surface area contributed by atoms with Crippen molar-refractivity contribution in [3.8, 4) is 0 Å². The predicted molar refractivity (Wildman–Crippen MR) is 140 cm³/mol. The average molecular weight is 541 g/mol. The van der Waals surface area contributed by atoms with E-state index in [4.69, 9.17) is 11.6 Å². The van der Waals surface area contributed by atoms with Gasteiger partial charge >= 0.3 is 0 Å². The molecule has 0 saturated carbocycles. The highest BCUT2D eigenvalue weighted by atomic mass is 35.5. The molecule has 1 amide bonds. The number of aromatic nitrogens is 4. The number of hydrogen-bond acceptors (Lipinski definition) is 5. The Hall–Kier alpha value is -3.63. The number of aryl methyl sites for hydroxylation is 2. The Morgan fingerprint density at radius 2 is 2.03 bits per heavy atom. The SMILES string of the molecule is Cc1cc(C(=O)N[C@@H]2CCNC[C@@H]2c2cccc(C(=O)c3cc(Cl)c4ncn(C)c4c3)c2)n(CC(F)F)n1. The second-order valence-electron chi connectivity index (χ2n) is 9.56. The quantitative estimate of drug-likeness (QED) is 0.344. The van der Waals surface area contributed by atoms with Crippen LogP contribution in [0.1, 0.15) is 50.0 Å². The number of carbonyl (C=O) groups excluding carboxylic acids is 2. The number of rotatable bonds is 7. The molecule has 5 rings (SSSR count). The maximum atomic E-state index is 13.4. The van der Waals surface area contributed by atoms with E-state index in [9.17, 15) is 18.4 Å². The largest absolute Gasteiger partial charge is 0.347 e. The van der Waals surface area contributed by atoms with Crippen molar-refractivity contribution in [1.82, 2.24) is 30.0 Å². The number of piperidine rings is 1. The summed E-state index contributed by atoms with van der Waals surface area (Å²) in [5.74, 6) is -0.752. The molecule has 0 unspecified atom stereocenters. The summed E-state index contributed by atoms with van der Waals surface area (Å²) in [4.78, 5) is 30.8. The van der Waals surface area contributed by atoms with Gasteiger partial charge in [0.05, 0.1) is 22.6 Å². The summed E-state index contributed by atoms with van der Waals surface area (Å²) in [7, 11) is 1.84. The second kappa shape index (κ2) is 10.6. The van der Waals surface area contributed by atoms with Gasteiger partial charge < -0.3 is 15.2 Å². The lowest BCUT2D eigenvalue weighted by Gasteiger charge is -2.33. The minimum atomic E-state index is -2.62. The number of halogens is 3. The minimum absolute atomic E-state index is 0.103. The van der Waals surface area contributed by atoms with E-state index in [0.29, 0.717) is 46.9 Å². The fraction of sp³-hybridized carbons (Fsp3) is 0.333. The lowest BCUT2D eigenvalue weighted by molar-refractivity contribution is 0.0893. The summed E-state index contributed by atoms with van der Waals surface area (Å²) in [6.07, 6.45) is -0.331. The molecule has 0 spiro atoms. The summed E-state index contributed by atoms with van der Waals surface area (Å²) < 4.78 is 28.9. The van der Waals surface area contributed by atoms with Crippen LogP contribution in [-0.2, 0) is 13.6 Å². The summed E-state index contributed by atoms with van der Waals surface area (Å²) in [6, 6.07) is 12.0. The van der Waals surface area contributed by atoms with Gasteiger partial charge in [0.15, 0.2) is 5.78 Å². The molecule has 0 radical (unpaired) electrons. The maximum Gasteiger partial charge on any atom is 0.269 e. The van der Waals surface area contributed by atoms with E-state index in [1.165, 1.54) is 6.07 Å². The van der Waals surface area contributed by atoms with Gasteiger partial charge in [0, 0.05) is 36.7 Å². The van der Waals surface area contributed by atoms with E-state index >= 15 is 0 Å². The van der Waals surface area contributed by atoms with E-state index in [1.807, 2.05) is 29.8 Å². The van der Waals surface area contributed by atoms with Crippen LogP contribution in [0.5, 0.6) is 0 Å². The molecule has 3 heterocycles. The number of hydrogen-bond donors (Lipinski definition) is 2. The lowest BCUT2D eigenvalue weighted by atomic mass is 9.85. The maximum absolute atomic E-state index is 13.4. The number of carbonyl (C=O) groups is 2. The van der Waals surface area contributed by atoms with E-state index in [1.54, 1.807) is 31.5 Å². The van der Waals surface area contributed by atoms with Crippen molar-refractivity contribution >= 4 is 34.3 Å². The highest BCUT2D eigenvalue weighted by Crippen LogP contribution is 2.28. The Bertz CT molecular complexity index is 1510. The van der Waals surface area contributed by atoms with Crippen molar-refractivity contribution in [2.24, 2.45) is 7.05 Å². The molecule has 2 aromatic carbocycles. The zero-order chi connectivity index (χ0) is 27.0. The van der Waals surface area contributed by atoms with E-state index in [0.717, 1.165) is 15.8 Å². The van der Waals surface area contributed by atoms with Crippen LogP contribution in [0.15, 0.2) is 48.8 Å². The first-order valence-corrected chi connectivity index (χ1v) is 12.7. The Balaban J connectivity index is 1.39. The molecule has 1 aliphatic rings. The second-order valence-corrected chi connectivity index (χ2v) is 9.97. The molecule has 11 heteroatoms. The number of imidazole rings is 1. The molecule has 2 atom stereocenters. The summed E-state index contributed by atoms with van der Waals surface area (Å²) in [5, 5.41) is 10.8. The number of nitrogens with one attached hydrogen (secondary N) is 2.